The number of hydrogen-bond donors (Lipinski definition) is 3. The van der Waals surface area contributed by atoms with Gasteiger partial charge in [0.1, 0.15) is 17.2 Å². The monoisotopic (exact) mass is 661 g/mol. The highest BCUT2D eigenvalue weighted by Gasteiger charge is 2.39. The second kappa shape index (κ2) is 22.7. The van der Waals surface area contributed by atoms with Crippen LogP contribution < -0.4 is 9.64 Å². The Kier molecular flexibility index (Phi) is 21.2. The molecule has 5 heterocycles. The van der Waals surface area contributed by atoms with Crippen LogP contribution in [0.25, 0.3) is 0 Å². The lowest BCUT2D eigenvalue weighted by atomic mass is 9.83. The van der Waals surface area contributed by atoms with Crippen molar-refractivity contribution in [3.63, 3.8) is 0 Å². The Labute approximate surface area is 274 Å². The molecule has 4 aliphatic rings. The lowest BCUT2D eigenvalue weighted by molar-refractivity contribution is -0.126. The molecule has 1 N–H and O–H groups in total. The van der Waals surface area contributed by atoms with E-state index in [1.165, 1.54) is 38.4 Å². The summed E-state index contributed by atoms with van der Waals surface area (Å²) >= 11 is 6.44. The van der Waals surface area contributed by atoms with Gasteiger partial charge in [-0.05, 0) is 63.1 Å². The number of piperazine rings is 1. The molecule has 5 rings (SSSR count). The molecule has 12 heteroatoms. The highest BCUT2D eigenvalue weighted by molar-refractivity contribution is 8.59. The summed E-state index contributed by atoms with van der Waals surface area (Å²) in [6.45, 7) is 18.9. The van der Waals surface area contributed by atoms with Crippen molar-refractivity contribution in [2.75, 3.05) is 71.4 Å². The number of anilines is 1. The number of aromatic nitrogens is 1. The molecule has 3 saturated heterocycles. The molecule has 1 aromatic heterocycles. The Balaban J connectivity index is 0.000000671. The molecule has 250 valence electrons. The number of hydrogen-bond acceptors (Lipinski definition) is 11. The Bertz CT molecular complexity index is 862. The van der Waals surface area contributed by atoms with Crippen molar-refractivity contribution in [3.05, 3.63) is 17.8 Å². The molecule has 0 bridgehead atoms. The molecule has 1 aromatic rings. The fraction of sp³-hybridized carbons (Fsp3) is 0.806. The van der Waals surface area contributed by atoms with E-state index in [-0.39, 0.29) is 5.60 Å². The van der Waals surface area contributed by atoms with E-state index in [1.807, 2.05) is 20.0 Å². The fourth-order valence-electron chi connectivity index (χ4n) is 5.47. The average Bonchev–Trinajstić information content (AvgIpc) is 3.34. The minimum absolute atomic E-state index is 0.0277. The number of ether oxygens (including phenoxy) is 2. The lowest BCUT2D eigenvalue weighted by Gasteiger charge is -2.44. The Morgan fingerprint density at radius 1 is 0.953 bits per heavy atom. The zero-order chi connectivity index (χ0) is 32.3. The maximum atomic E-state index is 10.9. The number of carbonyl (C=O) groups is 1. The van der Waals surface area contributed by atoms with Gasteiger partial charge >= 0.3 is 0 Å². The highest BCUT2D eigenvalue weighted by atomic mass is 33.1. The number of rotatable bonds is 4. The molecule has 0 amide bonds. The Morgan fingerprint density at radius 3 is 1.98 bits per heavy atom. The molecule has 1 atom stereocenters. The summed E-state index contributed by atoms with van der Waals surface area (Å²) in [6.07, 6.45) is 11.5. The van der Waals surface area contributed by atoms with Gasteiger partial charge in [0.15, 0.2) is 8.45 Å². The number of likely N-dealkylation sites (tertiary alicyclic amines) is 1. The quantitative estimate of drug-likeness (QED) is 0.149. The van der Waals surface area contributed by atoms with Crippen LogP contribution in [0.3, 0.4) is 0 Å². The van der Waals surface area contributed by atoms with Crippen LogP contribution in [0.15, 0.2) is 12.3 Å². The standard InChI is InChI=1S/C23H38N5O2P.C4H10.C2H4O2.C2H6.H2S2/c1-25-12-8-23(9-13-25)7-6-20-18-22(24-19-21(20)30-23)26-14-16-28(17-15-26)31(29)27-10-4-2-3-5-11-27;1-4(2)3;1-4-2-3;2*1-2/h18-19,29H,2-17H2,1H3;4H,1-3H3;2H,1H3;1-2H3;1-2H. The summed E-state index contributed by atoms with van der Waals surface area (Å²) in [7, 11) is 2.36. The molecule has 1 spiro atoms. The first-order valence-corrected chi connectivity index (χ1v) is 18.8. The molecule has 3 fully saturated rings. The van der Waals surface area contributed by atoms with E-state index in [1.54, 1.807) is 0 Å². The number of nitrogens with zero attached hydrogens (tertiary/aromatic N) is 5. The van der Waals surface area contributed by atoms with Gasteiger partial charge in [0.05, 0.1) is 13.3 Å². The topological polar surface area (TPSA) is 81.6 Å². The molecule has 1 unspecified atom stereocenters. The van der Waals surface area contributed by atoms with Crippen LogP contribution in [0.4, 0.5) is 5.82 Å². The van der Waals surface area contributed by atoms with Crippen LogP contribution in [-0.2, 0) is 16.0 Å². The van der Waals surface area contributed by atoms with Gasteiger partial charge in [-0.3, -0.25) is 4.79 Å². The number of fused-ring (bicyclic) bond motifs is 1. The van der Waals surface area contributed by atoms with E-state index in [9.17, 15) is 4.89 Å². The van der Waals surface area contributed by atoms with Gasteiger partial charge in [0.25, 0.3) is 6.47 Å². The molecular weight excluding hydrogens is 601 g/mol. The van der Waals surface area contributed by atoms with E-state index in [0.29, 0.717) is 6.47 Å². The molecule has 9 nitrogen and oxygen atoms in total. The number of aryl methyl sites for hydroxylation is 1. The van der Waals surface area contributed by atoms with Gasteiger partial charge in [0.2, 0.25) is 0 Å². The van der Waals surface area contributed by atoms with Crippen LogP contribution in [0.2, 0.25) is 0 Å². The van der Waals surface area contributed by atoms with Crippen molar-refractivity contribution >= 4 is 44.1 Å². The number of thiol groups is 2. The summed E-state index contributed by atoms with van der Waals surface area (Å²) < 4.78 is 15.0. The van der Waals surface area contributed by atoms with Crippen LogP contribution in [0, 0.1) is 5.92 Å². The average molecular weight is 662 g/mol. The van der Waals surface area contributed by atoms with E-state index in [2.05, 4.69) is 81.1 Å². The van der Waals surface area contributed by atoms with Gasteiger partial charge in [-0.25, -0.2) is 14.3 Å². The maximum absolute atomic E-state index is 10.9. The minimum atomic E-state index is -1.15. The van der Waals surface area contributed by atoms with Gasteiger partial charge < -0.3 is 24.2 Å². The molecule has 4 aliphatic heterocycles. The lowest BCUT2D eigenvalue weighted by Crippen LogP contribution is -2.49. The van der Waals surface area contributed by atoms with Crippen molar-refractivity contribution in [1.82, 2.24) is 19.2 Å². The third kappa shape index (κ3) is 14.0. The van der Waals surface area contributed by atoms with Crippen molar-refractivity contribution in [2.24, 2.45) is 5.92 Å². The van der Waals surface area contributed by atoms with Crippen LogP contribution >= 0.6 is 31.8 Å². The number of piperidine rings is 1. The SMILES string of the molecule is CC.CC(C)C.CN1CCC2(CCc3cc(N4CCN(P(O)N5CCCCCC5)CC4)ncc3O2)CC1.COC=O.SS. The van der Waals surface area contributed by atoms with Crippen LogP contribution in [0.5, 0.6) is 5.75 Å². The smallest absolute Gasteiger partial charge is 0.292 e. The van der Waals surface area contributed by atoms with Crippen LogP contribution in [0.1, 0.15) is 85.1 Å². The van der Waals surface area contributed by atoms with Crippen molar-refractivity contribution in [2.45, 2.75) is 91.6 Å². The molecule has 0 aliphatic carbocycles. The summed E-state index contributed by atoms with van der Waals surface area (Å²) in [5, 5.41) is 0. The third-order valence-electron chi connectivity index (χ3n) is 7.77. The predicted octanol–water partition coefficient (Wildman–Crippen LogP) is 6.33. The fourth-order valence-corrected chi connectivity index (χ4v) is 7.01. The number of carbonyl (C=O) groups excluding carboxylic acids is 1. The second-order valence-electron chi connectivity index (χ2n) is 11.9. The largest absolute Gasteiger partial charge is 0.485 e. The number of methoxy groups -OCH3 is 1. The maximum Gasteiger partial charge on any atom is 0.292 e. The van der Waals surface area contributed by atoms with Crippen molar-refractivity contribution < 1.29 is 19.2 Å². The summed E-state index contributed by atoms with van der Waals surface area (Å²) in [5.41, 5.74) is 1.34. The normalized spacial score (nSPS) is 21.0. The number of pyridine rings is 1. The molecular formula is C31H60N5O4PS2. The first-order valence-electron chi connectivity index (χ1n) is 16.0. The van der Waals surface area contributed by atoms with E-state index < -0.39 is 8.45 Å². The van der Waals surface area contributed by atoms with Gasteiger partial charge in [-0.15, -0.1) is 23.3 Å². The molecule has 0 aromatic carbocycles. The Morgan fingerprint density at radius 2 is 1.47 bits per heavy atom. The Hall–Kier alpha value is -0.810. The third-order valence-corrected chi connectivity index (χ3v) is 9.59. The molecule has 0 saturated carbocycles. The zero-order valence-electron chi connectivity index (χ0n) is 27.9. The highest BCUT2D eigenvalue weighted by Crippen LogP contribution is 2.43. The molecule has 43 heavy (non-hydrogen) atoms. The predicted molar refractivity (Wildman–Crippen MR) is 189 cm³/mol. The molecule has 0 radical (unpaired) electrons. The van der Waals surface area contributed by atoms with Crippen LogP contribution in [-0.4, -0.2) is 103 Å². The minimum Gasteiger partial charge on any atom is -0.485 e. The van der Waals surface area contributed by atoms with Crippen molar-refractivity contribution in [1.29, 1.82) is 0 Å². The van der Waals surface area contributed by atoms with E-state index in [0.717, 1.165) is 95.5 Å². The summed E-state index contributed by atoms with van der Waals surface area (Å²) in [4.78, 5) is 29.5. The van der Waals surface area contributed by atoms with Crippen molar-refractivity contribution in [3.8, 4) is 5.75 Å². The second-order valence-corrected chi connectivity index (χ2v) is 13.5. The summed E-state index contributed by atoms with van der Waals surface area (Å²) in [6, 6.07) is 2.25. The van der Waals surface area contributed by atoms with Gasteiger partial charge in [-0.1, -0.05) is 47.5 Å². The van der Waals surface area contributed by atoms with E-state index >= 15 is 0 Å². The summed E-state index contributed by atoms with van der Waals surface area (Å²) in [5.74, 6) is 2.90. The first kappa shape index (κ1) is 40.2. The van der Waals surface area contributed by atoms with Gasteiger partial charge in [-0.2, -0.15) is 0 Å². The zero-order valence-corrected chi connectivity index (χ0v) is 30.6. The first-order chi connectivity index (χ1) is 20.8. The van der Waals surface area contributed by atoms with E-state index in [4.69, 9.17) is 14.5 Å². The van der Waals surface area contributed by atoms with Gasteiger partial charge in [0, 0.05) is 52.4 Å².